The lowest BCUT2D eigenvalue weighted by molar-refractivity contribution is 0.603. The summed E-state index contributed by atoms with van der Waals surface area (Å²) in [6.07, 6.45) is 0. The number of nitrogens with one attached hydrogen (secondary N) is 1. The van der Waals surface area contributed by atoms with Gasteiger partial charge >= 0.3 is 0 Å². The average molecular weight is 329 g/mol. The van der Waals surface area contributed by atoms with Crippen molar-refractivity contribution in [2.45, 2.75) is 11.1 Å². The van der Waals surface area contributed by atoms with Crippen LogP contribution in [0, 0.1) is 6.92 Å². The van der Waals surface area contributed by atoms with E-state index in [1.54, 1.807) is 17.5 Å². The molecule has 0 radical (unpaired) electrons. The maximum absolute atomic E-state index is 12.4. The maximum Gasteiger partial charge on any atom is 0.271 e. The Morgan fingerprint density at radius 2 is 1.73 bits per heavy atom. The second kappa shape index (κ2) is 5.94. The Morgan fingerprint density at radius 3 is 2.41 bits per heavy atom. The number of rotatable bonds is 4. The van der Waals surface area contributed by atoms with Crippen molar-refractivity contribution < 1.29 is 8.42 Å². The van der Waals surface area contributed by atoms with Crippen molar-refractivity contribution in [2.75, 3.05) is 4.72 Å². The second-order valence-corrected chi connectivity index (χ2v) is 7.81. The number of hydrogen-bond acceptors (Lipinski definition) is 3. The van der Waals surface area contributed by atoms with E-state index in [2.05, 4.69) is 4.72 Å². The van der Waals surface area contributed by atoms with E-state index in [0.717, 1.165) is 16.7 Å². The Morgan fingerprint density at radius 1 is 0.955 bits per heavy atom. The molecule has 0 amide bonds. The molecule has 0 spiro atoms. The van der Waals surface area contributed by atoms with E-state index in [1.807, 2.05) is 55.5 Å². The zero-order valence-electron chi connectivity index (χ0n) is 12.0. The summed E-state index contributed by atoms with van der Waals surface area (Å²) in [6.45, 7) is 1.99. The van der Waals surface area contributed by atoms with Crippen molar-refractivity contribution in [1.82, 2.24) is 0 Å². The quantitative estimate of drug-likeness (QED) is 0.764. The molecule has 2 aromatic carbocycles. The lowest BCUT2D eigenvalue weighted by Gasteiger charge is -2.13. The van der Waals surface area contributed by atoms with Crippen molar-refractivity contribution in [3.8, 4) is 11.1 Å². The molecule has 0 atom stereocenters. The molecule has 3 nitrogen and oxygen atoms in total. The highest BCUT2D eigenvalue weighted by Gasteiger charge is 2.17. The van der Waals surface area contributed by atoms with E-state index in [9.17, 15) is 8.42 Å². The minimum absolute atomic E-state index is 0.312. The first-order valence-corrected chi connectivity index (χ1v) is 9.15. The smallest absolute Gasteiger partial charge is 0.271 e. The highest BCUT2D eigenvalue weighted by Crippen LogP contribution is 2.31. The monoisotopic (exact) mass is 329 g/mol. The summed E-state index contributed by atoms with van der Waals surface area (Å²) in [5.74, 6) is 0. The number of anilines is 1. The van der Waals surface area contributed by atoms with Gasteiger partial charge in [0.2, 0.25) is 0 Å². The fourth-order valence-corrected chi connectivity index (χ4v) is 4.29. The molecule has 0 saturated carbocycles. The lowest BCUT2D eigenvalue weighted by atomic mass is 10.0. The third-order valence-corrected chi connectivity index (χ3v) is 6.03. The van der Waals surface area contributed by atoms with Crippen molar-refractivity contribution in [1.29, 1.82) is 0 Å². The Balaban J connectivity index is 2.05. The van der Waals surface area contributed by atoms with Gasteiger partial charge in [0.05, 0.1) is 5.69 Å². The van der Waals surface area contributed by atoms with Crippen LogP contribution in [0.3, 0.4) is 0 Å². The molecule has 0 aliphatic carbocycles. The Bertz CT molecular complexity index is 870. The molecule has 112 valence electrons. The van der Waals surface area contributed by atoms with Gasteiger partial charge in [-0.2, -0.15) is 0 Å². The topological polar surface area (TPSA) is 46.2 Å². The Labute approximate surface area is 134 Å². The van der Waals surface area contributed by atoms with E-state index in [4.69, 9.17) is 0 Å². The van der Waals surface area contributed by atoms with Gasteiger partial charge < -0.3 is 0 Å². The molecule has 22 heavy (non-hydrogen) atoms. The van der Waals surface area contributed by atoms with Crippen LogP contribution < -0.4 is 4.72 Å². The van der Waals surface area contributed by atoms with Gasteiger partial charge in [-0.1, -0.05) is 48.0 Å². The molecule has 0 unspecified atom stereocenters. The normalized spacial score (nSPS) is 11.3. The van der Waals surface area contributed by atoms with Crippen LogP contribution in [-0.2, 0) is 10.0 Å². The van der Waals surface area contributed by atoms with Crippen molar-refractivity contribution in [3.63, 3.8) is 0 Å². The van der Waals surface area contributed by atoms with Crippen molar-refractivity contribution >= 4 is 27.0 Å². The van der Waals surface area contributed by atoms with Crippen LogP contribution in [0.25, 0.3) is 11.1 Å². The Kier molecular flexibility index (Phi) is 4.00. The van der Waals surface area contributed by atoms with Gasteiger partial charge in [0.15, 0.2) is 0 Å². The minimum atomic E-state index is -3.54. The molecular formula is C17H15NO2S2. The number of sulfonamides is 1. The van der Waals surface area contributed by atoms with E-state index >= 15 is 0 Å². The predicted octanol–water partition coefficient (Wildman–Crippen LogP) is 4.52. The number of benzene rings is 2. The first-order chi connectivity index (χ1) is 10.6. The van der Waals surface area contributed by atoms with Gasteiger partial charge in [-0.05, 0) is 36.1 Å². The number of thiophene rings is 1. The summed E-state index contributed by atoms with van der Waals surface area (Å²) >= 11 is 1.20. The summed E-state index contributed by atoms with van der Waals surface area (Å²) in [6, 6.07) is 18.8. The zero-order chi connectivity index (χ0) is 15.6. The first-order valence-electron chi connectivity index (χ1n) is 6.79. The third kappa shape index (κ3) is 3.05. The molecule has 3 rings (SSSR count). The van der Waals surface area contributed by atoms with Gasteiger partial charge in [0.1, 0.15) is 4.21 Å². The molecule has 1 N–H and O–H groups in total. The molecule has 3 aromatic rings. The number of aryl methyl sites for hydroxylation is 1. The highest BCUT2D eigenvalue weighted by atomic mass is 32.2. The molecule has 0 bridgehead atoms. The molecule has 0 aliphatic rings. The first kappa shape index (κ1) is 14.8. The lowest BCUT2D eigenvalue weighted by Crippen LogP contribution is -2.12. The van der Waals surface area contributed by atoms with E-state index < -0.39 is 10.0 Å². The van der Waals surface area contributed by atoms with Gasteiger partial charge in [0, 0.05) is 5.56 Å². The predicted molar refractivity (Wildman–Crippen MR) is 91.7 cm³/mol. The van der Waals surface area contributed by atoms with Crippen LogP contribution >= 0.6 is 11.3 Å². The maximum atomic E-state index is 12.4. The summed E-state index contributed by atoms with van der Waals surface area (Å²) in [5.41, 5.74) is 3.53. The minimum Gasteiger partial charge on any atom is -0.278 e. The van der Waals surface area contributed by atoms with Gasteiger partial charge in [0.25, 0.3) is 10.0 Å². The van der Waals surface area contributed by atoms with Crippen LogP contribution in [0.2, 0.25) is 0 Å². The average Bonchev–Trinajstić information content (AvgIpc) is 3.05. The standard InChI is InChI=1S/C17H15NO2S2/c1-13-9-10-16(15(12-13)14-6-3-2-4-7-14)18-22(19,20)17-8-5-11-21-17/h2-12,18H,1H3. The fraction of sp³-hybridized carbons (Fsp3) is 0.0588. The summed E-state index contributed by atoms with van der Waals surface area (Å²) in [5, 5.41) is 1.75. The van der Waals surface area contributed by atoms with Crippen LogP contribution in [0.4, 0.5) is 5.69 Å². The zero-order valence-corrected chi connectivity index (χ0v) is 13.6. The van der Waals surface area contributed by atoms with Crippen LogP contribution in [0.5, 0.6) is 0 Å². The number of hydrogen-bond donors (Lipinski definition) is 1. The molecule has 1 aromatic heterocycles. The van der Waals surface area contributed by atoms with Gasteiger partial charge in [-0.15, -0.1) is 11.3 Å². The summed E-state index contributed by atoms with van der Waals surface area (Å²) in [4.78, 5) is 0. The molecular weight excluding hydrogens is 314 g/mol. The van der Waals surface area contributed by atoms with Gasteiger partial charge in [-0.25, -0.2) is 8.42 Å². The van der Waals surface area contributed by atoms with Crippen LogP contribution in [0.1, 0.15) is 5.56 Å². The molecule has 5 heteroatoms. The highest BCUT2D eigenvalue weighted by molar-refractivity contribution is 7.94. The second-order valence-electron chi connectivity index (χ2n) is 4.95. The van der Waals surface area contributed by atoms with E-state index in [1.165, 1.54) is 11.3 Å². The molecule has 0 fully saturated rings. The van der Waals surface area contributed by atoms with Crippen molar-refractivity contribution in [2.24, 2.45) is 0 Å². The molecule has 0 aliphatic heterocycles. The van der Waals surface area contributed by atoms with Crippen molar-refractivity contribution in [3.05, 3.63) is 71.6 Å². The molecule has 0 saturated heterocycles. The SMILES string of the molecule is Cc1ccc(NS(=O)(=O)c2cccs2)c(-c2ccccc2)c1. The van der Waals surface area contributed by atoms with Crippen LogP contribution in [-0.4, -0.2) is 8.42 Å². The Hall–Kier alpha value is -2.11. The fourth-order valence-electron chi connectivity index (χ4n) is 2.22. The third-order valence-electron chi connectivity index (χ3n) is 3.26. The van der Waals surface area contributed by atoms with E-state index in [0.29, 0.717) is 9.90 Å². The summed E-state index contributed by atoms with van der Waals surface area (Å²) in [7, 11) is -3.54. The van der Waals surface area contributed by atoms with Gasteiger partial charge in [-0.3, -0.25) is 4.72 Å². The van der Waals surface area contributed by atoms with E-state index in [-0.39, 0.29) is 0 Å². The van der Waals surface area contributed by atoms with Crippen LogP contribution in [0.15, 0.2) is 70.3 Å². The summed E-state index contributed by atoms with van der Waals surface area (Å²) < 4.78 is 27.9. The molecule has 1 heterocycles. The largest absolute Gasteiger partial charge is 0.278 e.